The van der Waals surface area contributed by atoms with E-state index in [9.17, 15) is 9.59 Å². The number of piperazine rings is 1. The Balaban J connectivity index is 1.80. The van der Waals surface area contributed by atoms with Crippen LogP contribution in [-0.4, -0.2) is 62.7 Å². The Morgan fingerprint density at radius 2 is 1.81 bits per heavy atom. The van der Waals surface area contributed by atoms with E-state index in [4.69, 9.17) is 32.7 Å². The second kappa shape index (κ2) is 10.9. The van der Waals surface area contributed by atoms with Crippen LogP contribution in [0.5, 0.6) is 5.75 Å². The minimum atomic E-state index is -0.833. The maximum absolute atomic E-state index is 12.9. The summed E-state index contributed by atoms with van der Waals surface area (Å²) in [5.74, 6) is -0.482. The molecule has 2 aromatic carbocycles. The van der Waals surface area contributed by atoms with Crippen LogP contribution in [-0.2, 0) is 9.53 Å². The van der Waals surface area contributed by atoms with Crippen molar-refractivity contribution in [2.45, 2.75) is 20.0 Å². The van der Waals surface area contributed by atoms with Gasteiger partial charge in [0.05, 0.1) is 29.1 Å². The van der Waals surface area contributed by atoms with Gasteiger partial charge in [0.25, 0.3) is 5.91 Å². The molecule has 3 rings (SSSR count). The average molecular weight is 480 g/mol. The summed E-state index contributed by atoms with van der Waals surface area (Å²) in [6.45, 7) is 8.27. The Kier molecular flexibility index (Phi) is 8.23. The Hall–Kier alpha value is -2.48. The molecular weight excluding hydrogens is 453 g/mol. The number of rotatable bonds is 7. The monoisotopic (exact) mass is 479 g/mol. The molecule has 0 saturated carbocycles. The quantitative estimate of drug-likeness (QED) is 0.595. The summed E-state index contributed by atoms with van der Waals surface area (Å²) in [5, 5.41) is 3.70. The highest BCUT2D eigenvalue weighted by atomic mass is 35.5. The molecule has 1 fully saturated rings. The number of carbonyl (C=O) groups is 2. The molecule has 2 aromatic rings. The van der Waals surface area contributed by atoms with Gasteiger partial charge < -0.3 is 24.6 Å². The van der Waals surface area contributed by atoms with E-state index in [-0.39, 0.29) is 5.91 Å². The van der Waals surface area contributed by atoms with Gasteiger partial charge in [-0.1, -0.05) is 30.1 Å². The number of anilines is 2. The van der Waals surface area contributed by atoms with E-state index >= 15 is 0 Å². The lowest BCUT2D eigenvalue weighted by Gasteiger charge is -2.36. The first kappa shape index (κ1) is 24.2. The van der Waals surface area contributed by atoms with Gasteiger partial charge in [-0.25, -0.2) is 4.79 Å². The Morgan fingerprint density at radius 3 is 2.44 bits per heavy atom. The maximum Gasteiger partial charge on any atom is 0.337 e. The van der Waals surface area contributed by atoms with Crippen LogP contribution in [0.25, 0.3) is 0 Å². The molecule has 32 heavy (non-hydrogen) atoms. The van der Waals surface area contributed by atoms with Crippen LogP contribution >= 0.6 is 23.2 Å². The predicted octanol–water partition coefficient (Wildman–Crippen LogP) is 4.33. The number of hydrogen-bond donors (Lipinski definition) is 1. The molecule has 0 unspecified atom stereocenters. The summed E-state index contributed by atoms with van der Waals surface area (Å²) in [4.78, 5) is 29.5. The zero-order chi connectivity index (χ0) is 23.3. The van der Waals surface area contributed by atoms with Crippen LogP contribution in [0.3, 0.4) is 0 Å². The van der Waals surface area contributed by atoms with E-state index in [2.05, 4.69) is 22.0 Å². The van der Waals surface area contributed by atoms with Crippen LogP contribution in [0.2, 0.25) is 10.0 Å². The van der Waals surface area contributed by atoms with Crippen molar-refractivity contribution in [2.24, 2.45) is 0 Å². The van der Waals surface area contributed by atoms with Gasteiger partial charge in [-0.3, -0.25) is 4.79 Å². The first-order chi connectivity index (χ1) is 15.3. The number of benzene rings is 2. The third kappa shape index (κ3) is 5.85. The summed E-state index contributed by atoms with van der Waals surface area (Å²) in [7, 11) is 1.32. The number of likely N-dealkylation sites (N-methyl/N-ethyl adjacent to an activating group) is 1. The largest absolute Gasteiger partial charge is 0.479 e. The summed E-state index contributed by atoms with van der Waals surface area (Å²) in [6, 6.07) is 9.98. The van der Waals surface area contributed by atoms with E-state index < -0.39 is 12.1 Å². The minimum absolute atomic E-state index is 0.319. The normalized spacial score (nSPS) is 15.2. The highest BCUT2D eigenvalue weighted by Gasteiger charge is 2.23. The molecule has 1 saturated heterocycles. The average Bonchev–Trinajstić information content (AvgIpc) is 2.80. The molecule has 1 amide bonds. The first-order valence-corrected chi connectivity index (χ1v) is 11.2. The lowest BCUT2D eigenvalue weighted by Crippen LogP contribution is -2.46. The van der Waals surface area contributed by atoms with Crippen LogP contribution in [0.4, 0.5) is 11.4 Å². The van der Waals surface area contributed by atoms with E-state index in [0.29, 0.717) is 27.0 Å². The number of nitrogens with one attached hydrogen (secondary N) is 1. The Morgan fingerprint density at radius 1 is 1.09 bits per heavy atom. The molecular formula is C23H27Cl2N3O4. The zero-order valence-corrected chi connectivity index (χ0v) is 19.9. The Bertz CT molecular complexity index is 978. The molecule has 1 aliphatic heterocycles. The molecule has 1 aliphatic rings. The number of ether oxygens (including phenoxy) is 2. The maximum atomic E-state index is 12.9. The smallest absolute Gasteiger partial charge is 0.337 e. The second-order valence-corrected chi connectivity index (χ2v) is 8.31. The third-order valence-electron chi connectivity index (χ3n) is 5.40. The molecule has 1 N–H and O–H groups in total. The molecule has 7 nitrogen and oxygen atoms in total. The SMILES string of the molecule is CCN1CCN(c2ccc(C(=O)OC)cc2NC(=O)[C@H](C)Oc2ccc(Cl)cc2Cl)CC1. The van der Waals surface area contributed by atoms with Gasteiger partial charge in [-0.05, 0) is 49.9 Å². The summed E-state index contributed by atoms with van der Waals surface area (Å²) < 4.78 is 10.6. The van der Waals surface area contributed by atoms with E-state index in [1.807, 2.05) is 6.07 Å². The lowest BCUT2D eigenvalue weighted by molar-refractivity contribution is -0.122. The molecule has 0 radical (unpaired) electrons. The standard InChI is InChI=1S/C23H27Cl2N3O4/c1-4-27-9-11-28(12-10-27)20-7-5-16(23(30)31-3)13-19(20)26-22(29)15(2)32-21-8-6-17(24)14-18(21)25/h5-8,13-15H,4,9-12H2,1-3H3,(H,26,29)/t15-/m0/s1. The van der Waals surface area contributed by atoms with Gasteiger partial charge in [0.15, 0.2) is 6.10 Å². The van der Waals surface area contributed by atoms with Crippen molar-refractivity contribution in [3.05, 3.63) is 52.0 Å². The summed E-state index contributed by atoms with van der Waals surface area (Å²) in [5.41, 5.74) is 1.73. The highest BCUT2D eigenvalue weighted by molar-refractivity contribution is 6.35. The van der Waals surface area contributed by atoms with Gasteiger partial charge in [-0.15, -0.1) is 0 Å². The topological polar surface area (TPSA) is 71.1 Å². The van der Waals surface area contributed by atoms with Crippen molar-refractivity contribution in [3.8, 4) is 5.75 Å². The van der Waals surface area contributed by atoms with Gasteiger partial charge in [-0.2, -0.15) is 0 Å². The molecule has 1 atom stereocenters. The Labute approximate surface area is 198 Å². The van der Waals surface area contributed by atoms with E-state index in [1.54, 1.807) is 37.3 Å². The van der Waals surface area contributed by atoms with Crippen molar-refractivity contribution < 1.29 is 19.1 Å². The number of nitrogens with zero attached hydrogens (tertiary/aromatic N) is 2. The van der Waals surface area contributed by atoms with Crippen molar-refractivity contribution in [2.75, 3.05) is 50.1 Å². The molecule has 0 spiro atoms. The van der Waals surface area contributed by atoms with Gasteiger partial charge in [0.2, 0.25) is 0 Å². The van der Waals surface area contributed by atoms with Crippen molar-refractivity contribution >= 4 is 46.5 Å². The lowest BCUT2D eigenvalue weighted by atomic mass is 10.1. The van der Waals surface area contributed by atoms with Crippen LogP contribution in [0.1, 0.15) is 24.2 Å². The predicted molar refractivity (Wildman–Crippen MR) is 127 cm³/mol. The third-order valence-corrected chi connectivity index (χ3v) is 5.93. The molecule has 0 aliphatic carbocycles. The van der Waals surface area contributed by atoms with Crippen molar-refractivity contribution in [1.82, 2.24) is 4.90 Å². The molecule has 9 heteroatoms. The van der Waals surface area contributed by atoms with Crippen molar-refractivity contribution in [3.63, 3.8) is 0 Å². The number of carbonyl (C=O) groups excluding carboxylic acids is 2. The minimum Gasteiger partial charge on any atom is -0.479 e. The summed E-state index contributed by atoms with van der Waals surface area (Å²) >= 11 is 12.1. The van der Waals surface area contributed by atoms with Crippen LogP contribution in [0, 0.1) is 0 Å². The second-order valence-electron chi connectivity index (χ2n) is 7.47. The van der Waals surface area contributed by atoms with Gasteiger partial charge >= 0.3 is 5.97 Å². The van der Waals surface area contributed by atoms with E-state index in [1.165, 1.54) is 7.11 Å². The molecule has 1 heterocycles. The van der Waals surface area contributed by atoms with Crippen molar-refractivity contribution in [1.29, 1.82) is 0 Å². The number of halogens is 2. The van der Waals surface area contributed by atoms with Gasteiger partial charge in [0.1, 0.15) is 5.75 Å². The molecule has 0 bridgehead atoms. The van der Waals surface area contributed by atoms with Crippen LogP contribution < -0.4 is 15.0 Å². The number of amides is 1. The zero-order valence-electron chi connectivity index (χ0n) is 18.4. The van der Waals surface area contributed by atoms with Crippen LogP contribution in [0.15, 0.2) is 36.4 Å². The summed E-state index contributed by atoms with van der Waals surface area (Å²) in [6.07, 6.45) is -0.833. The fourth-order valence-electron chi connectivity index (χ4n) is 3.51. The number of methoxy groups -OCH3 is 1. The molecule has 172 valence electrons. The number of hydrogen-bond acceptors (Lipinski definition) is 6. The molecule has 0 aromatic heterocycles. The first-order valence-electron chi connectivity index (χ1n) is 10.4. The number of esters is 1. The fourth-order valence-corrected chi connectivity index (χ4v) is 3.96. The fraction of sp³-hybridized carbons (Fsp3) is 0.391. The highest BCUT2D eigenvalue weighted by Crippen LogP contribution is 2.31. The van der Waals surface area contributed by atoms with E-state index in [0.717, 1.165) is 38.4 Å². The van der Waals surface area contributed by atoms with Gasteiger partial charge in [0, 0.05) is 31.2 Å².